The maximum absolute atomic E-state index is 10.3. The van der Waals surface area contributed by atoms with Crippen LogP contribution in [0.3, 0.4) is 0 Å². The monoisotopic (exact) mass is 182 g/mol. The van der Waals surface area contributed by atoms with Gasteiger partial charge in [-0.2, -0.15) is 0 Å². The molecule has 5 heteroatoms. The number of nitrogens with zero attached hydrogens (tertiary/aromatic N) is 1. The van der Waals surface area contributed by atoms with E-state index in [0.29, 0.717) is 24.3 Å². The van der Waals surface area contributed by atoms with Crippen molar-refractivity contribution in [2.75, 3.05) is 6.54 Å². The summed E-state index contributed by atoms with van der Waals surface area (Å²) in [5, 5.41) is 10.3. The average molecular weight is 182 g/mol. The van der Waals surface area contributed by atoms with Gasteiger partial charge in [-0.05, 0) is 24.6 Å². The Hall–Kier alpha value is -1.62. The first kappa shape index (κ1) is 9.47. The van der Waals surface area contributed by atoms with Gasteiger partial charge in [0.2, 0.25) is 0 Å². The molecule has 1 rings (SSSR count). The number of rotatable bonds is 4. The molecule has 0 atom stereocenters. The SMILES string of the molecule is C=C(CCN)c1ccc([N+](=O)[O-])o1. The quantitative estimate of drug-likeness (QED) is 0.565. The molecule has 1 heterocycles. The summed E-state index contributed by atoms with van der Waals surface area (Å²) in [7, 11) is 0. The molecule has 13 heavy (non-hydrogen) atoms. The highest BCUT2D eigenvalue weighted by molar-refractivity contribution is 5.59. The van der Waals surface area contributed by atoms with Crippen LogP contribution in [0, 0.1) is 10.1 Å². The average Bonchev–Trinajstić information content (AvgIpc) is 2.52. The second-order valence-electron chi connectivity index (χ2n) is 2.54. The smallest absolute Gasteiger partial charge is 0.401 e. The zero-order chi connectivity index (χ0) is 9.84. The first-order valence-electron chi connectivity index (χ1n) is 3.77. The molecule has 0 saturated heterocycles. The number of nitrogens with two attached hydrogens (primary N) is 1. The first-order valence-corrected chi connectivity index (χ1v) is 3.77. The Morgan fingerprint density at radius 2 is 2.38 bits per heavy atom. The highest BCUT2D eigenvalue weighted by Gasteiger charge is 2.12. The van der Waals surface area contributed by atoms with Crippen LogP contribution in [-0.4, -0.2) is 11.5 Å². The lowest BCUT2D eigenvalue weighted by Gasteiger charge is -1.96. The molecule has 0 unspecified atom stereocenters. The van der Waals surface area contributed by atoms with Crippen LogP contribution in [0.5, 0.6) is 0 Å². The number of nitro groups is 1. The van der Waals surface area contributed by atoms with Gasteiger partial charge in [-0.3, -0.25) is 10.1 Å². The Labute approximate surface area is 75.0 Å². The molecule has 1 aromatic heterocycles. The summed E-state index contributed by atoms with van der Waals surface area (Å²) in [5.74, 6) is 0.158. The molecule has 5 nitrogen and oxygen atoms in total. The van der Waals surface area contributed by atoms with Gasteiger partial charge in [0.05, 0.1) is 6.07 Å². The predicted octanol–water partition coefficient (Wildman–Crippen LogP) is 1.55. The van der Waals surface area contributed by atoms with Crippen molar-refractivity contribution in [1.82, 2.24) is 0 Å². The summed E-state index contributed by atoms with van der Waals surface area (Å²) in [6.07, 6.45) is 0.574. The van der Waals surface area contributed by atoms with Gasteiger partial charge in [0, 0.05) is 0 Å². The molecule has 0 fully saturated rings. The Balaban J connectivity index is 2.79. The van der Waals surface area contributed by atoms with Gasteiger partial charge in [0.1, 0.15) is 10.7 Å². The van der Waals surface area contributed by atoms with Gasteiger partial charge < -0.3 is 10.2 Å². The summed E-state index contributed by atoms with van der Waals surface area (Å²) < 4.78 is 4.91. The minimum atomic E-state index is -0.584. The zero-order valence-corrected chi connectivity index (χ0v) is 7.03. The van der Waals surface area contributed by atoms with Crippen molar-refractivity contribution in [3.05, 3.63) is 34.6 Å². The molecule has 0 aromatic carbocycles. The van der Waals surface area contributed by atoms with Crippen molar-refractivity contribution in [2.24, 2.45) is 5.73 Å². The van der Waals surface area contributed by atoms with Crippen molar-refractivity contribution >= 4 is 11.5 Å². The summed E-state index contributed by atoms with van der Waals surface area (Å²) in [5.41, 5.74) is 5.97. The van der Waals surface area contributed by atoms with Gasteiger partial charge in [0.15, 0.2) is 0 Å². The molecule has 0 radical (unpaired) electrons. The largest absolute Gasteiger partial charge is 0.433 e. The van der Waals surface area contributed by atoms with Crippen LogP contribution in [0.2, 0.25) is 0 Å². The van der Waals surface area contributed by atoms with Crippen LogP contribution in [0.25, 0.3) is 5.57 Å². The van der Waals surface area contributed by atoms with E-state index in [0.717, 1.165) is 0 Å². The van der Waals surface area contributed by atoms with E-state index in [1.165, 1.54) is 12.1 Å². The fraction of sp³-hybridized carbons (Fsp3) is 0.250. The second kappa shape index (κ2) is 3.86. The molecule has 0 spiro atoms. The normalized spacial score (nSPS) is 9.92. The molecule has 70 valence electrons. The van der Waals surface area contributed by atoms with E-state index in [2.05, 4.69) is 6.58 Å². The van der Waals surface area contributed by atoms with E-state index in [4.69, 9.17) is 10.2 Å². The predicted molar refractivity (Wildman–Crippen MR) is 48.1 cm³/mol. The third-order valence-corrected chi connectivity index (χ3v) is 1.57. The number of hydrogen-bond acceptors (Lipinski definition) is 4. The molecule has 1 aromatic rings. The third kappa shape index (κ3) is 2.16. The van der Waals surface area contributed by atoms with E-state index in [1.807, 2.05) is 0 Å². The first-order chi connectivity index (χ1) is 6.15. The van der Waals surface area contributed by atoms with Crippen LogP contribution in [-0.2, 0) is 0 Å². The Bertz CT molecular complexity index is 330. The van der Waals surface area contributed by atoms with Gasteiger partial charge in [0.25, 0.3) is 0 Å². The van der Waals surface area contributed by atoms with E-state index in [1.54, 1.807) is 0 Å². The molecule has 0 aliphatic carbocycles. The molecule has 0 aliphatic heterocycles. The Morgan fingerprint density at radius 3 is 2.85 bits per heavy atom. The van der Waals surface area contributed by atoms with Crippen LogP contribution in [0.15, 0.2) is 23.1 Å². The molecule has 0 aliphatic rings. The van der Waals surface area contributed by atoms with E-state index in [9.17, 15) is 10.1 Å². The van der Waals surface area contributed by atoms with Gasteiger partial charge in [-0.15, -0.1) is 0 Å². The van der Waals surface area contributed by atoms with Crippen molar-refractivity contribution in [3.8, 4) is 0 Å². The van der Waals surface area contributed by atoms with Crippen LogP contribution < -0.4 is 5.73 Å². The van der Waals surface area contributed by atoms with Crippen LogP contribution in [0.1, 0.15) is 12.2 Å². The highest BCUT2D eigenvalue weighted by Crippen LogP contribution is 2.22. The van der Waals surface area contributed by atoms with Crippen LogP contribution >= 0.6 is 0 Å². The van der Waals surface area contributed by atoms with Crippen LogP contribution in [0.4, 0.5) is 5.88 Å². The summed E-state index contributed by atoms with van der Waals surface area (Å²) in [6, 6.07) is 2.83. The Kier molecular flexibility index (Phi) is 2.81. The van der Waals surface area contributed by atoms with Gasteiger partial charge in [-0.25, -0.2) is 0 Å². The molecular formula is C8H10N2O3. The van der Waals surface area contributed by atoms with E-state index >= 15 is 0 Å². The lowest BCUT2D eigenvalue weighted by Crippen LogP contribution is -1.98. The van der Waals surface area contributed by atoms with Crippen molar-refractivity contribution < 1.29 is 9.34 Å². The van der Waals surface area contributed by atoms with Crippen molar-refractivity contribution in [3.63, 3.8) is 0 Å². The number of furan rings is 1. The second-order valence-corrected chi connectivity index (χ2v) is 2.54. The minimum Gasteiger partial charge on any atom is -0.401 e. The summed E-state index contributed by atoms with van der Waals surface area (Å²) >= 11 is 0. The van der Waals surface area contributed by atoms with Gasteiger partial charge >= 0.3 is 5.88 Å². The molecule has 0 bridgehead atoms. The number of hydrogen-bond donors (Lipinski definition) is 1. The highest BCUT2D eigenvalue weighted by atomic mass is 16.6. The lowest BCUT2D eigenvalue weighted by molar-refractivity contribution is -0.402. The maximum atomic E-state index is 10.3. The standard InChI is InChI=1S/C8H10N2O3/c1-6(4-5-9)7-2-3-8(13-7)10(11)12/h2-3H,1,4-5,9H2. The third-order valence-electron chi connectivity index (χ3n) is 1.57. The molecule has 2 N–H and O–H groups in total. The molecular weight excluding hydrogens is 172 g/mol. The molecule has 0 saturated carbocycles. The van der Waals surface area contributed by atoms with E-state index in [-0.39, 0.29) is 5.88 Å². The maximum Gasteiger partial charge on any atom is 0.433 e. The zero-order valence-electron chi connectivity index (χ0n) is 7.03. The van der Waals surface area contributed by atoms with Crippen molar-refractivity contribution in [2.45, 2.75) is 6.42 Å². The Morgan fingerprint density at radius 1 is 1.69 bits per heavy atom. The summed E-state index contributed by atoms with van der Waals surface area (Å²) in [6.45, 7) is 4.14. The topological polar surface area (TPSA) is 82.3 Å². The minimum absolute atomic E-state index is 0.270. The van der Waals surface area contributed by atoms with E-state index < -0.39 is 4.92 Å². The van der Waals surface area contributed by atoms with Crippen molar-refractivity contribution in [1.29, 1.82) is 0 Å². The lowest BCUT2D eigenvalue weighted by atomic mass is 10.2. The fourth-order valence-corrected chi connectivity index (χ4v) is 0.913. The fourth-order valence-electron chi connectivity index (χ4n) is 0.913. The molecule has 0 amide bonds. The van der Waals surface area contributed by atoms with Gasteiger partial charge in [-0.1, -0.05) is 6.58 Å². The summed E-state index contributed by atoms with van der Waals surface area (Å²) in [4.78, 5) is 9.67.